The highest BCUT2D eigenvalue weighted by Crippen LogP contribution is 2.11. The van der Waals surface area contributed by atoms with Crippen molar-refractivity contribution in [2.24, 2.45) is 0 Å². The number of aromatic nitrogens is 3. The van der Waals surface area contributed by atoms with Crippen LogP contribution in [0.3, 0.4) is 0 Å². The van der Waals surface area contributed by atoms with Crippen molar-refractivity contribution in [2.45, 2.75) is 13.0 Å². The lowest BCUT2D eigenvalue weighted by Gasteiger charge is -2.13. The van der Waals surface area contributed by atoms with E-state index in [-0.39, 0.29) is 22.8 Å². The number of hydrogen-bond acceptors (Lipinski definition) is 4. The number of nitrogens with one attached hydrogen (secondary N) is 1. The smallest absolute Gasteiger partial charge is 0.272 e. The van der Waals surface area contributed by atoms with Crippen LogP contribution in [-0.4, -0.2) is 20.9 Å². The topological polar surface area (TPSA) is 67.8 Å². The van der Waals surface area contributed by atoms with Crippen molar-refractivity contribution in [1.82, 2.24) is 20.3 Å². The Hall–Kier alpha value is -2.01. The molecule has 2 aromatic heterocycles. The van der Waals surface area contributed by atoms with Crippen LogP contribution in [-0.2, 0) is 0 Å². The highest BCUT2D eigenvalue weighted by molar-refractivity contribution is 6.29. The number of carbonyl (C=O) groups excluding carboxylic acids is 1. The van der Waals surface area contributed by atoms with Crippen molar-refractivity contribution in [2.75, 3.05) is 0 Å². The Bertz CT molecular complexity index is 547. The minimum absolute atomic E-state index is 0.160. The summed E-state index contributed by atoms with van der Waals surface area (Å²) in [5.41, 5.74) is 1.11. The average molecular weight is 263 g/mol. The van der Waals surface area contributed by atoms with E-state index in [0.29, 0.717) is 0 Å². The van der Waals surface area contributed by atoms with Crippen LogP contribution in [0, 0.1) is 0 Å². The molecular weight excluding hydrogens is 252 g/mol. The van der Waals surface area contributed by atoms with Gasteiger partial charge in [-0.3, -0.25) is 14.8 Å². The Balaban J connectivity index is 2.08. The molecule has 0 saturated carbocycles. The van der Waals surface area contributed by atoms with Gasteiger partial charge in [0.15, 0.2) is 0 Å². The summed E-state index contributed by atoms with van der Waals surface area (Å²) in [6.07, 6.45) is 6.13. The van der Waals surface area contributed by atoms with E-state index in [0.717, 1.165) is 5.56 Å². The highest BCUT2D eigenvalue weighted by atomic mass is 35.5. The Morgan fingerprint density at radius 1 is 1.33 bits per heavy atom. The van der Waals surface area contributed by atoms with Gasteiger partial charge in [0.2, 0.25) is 0 Å². The first-order valence-corrected chi connectivity index (χ1v) is 5.73. The Labute approximate surface area is 109 Å². The van der Waals surface area contributed by atoms with Gasteiger partial charge in [-0.25, -0.2) is 4.98 Å². The summed E-state index contributed by atoms with van der Waals surface area (Å²) < 4.78 is 0. The lowest BCUT2D eigenvalue weighted by Crippen LogP contribution is -2.27. The first kappa shape index (κ1) is 12.4. The van der Waals surface area contributed by atoms with E-state index in [9.17, 15) is 4.79 Å². The number of carbonyl (C=O) groups is 1. The van der Waals surface area contributed by atoms with Gasteiger partial charge in [0.05, 0.1) is 18.4 Å². The van der Waals surface area contributed by atoms with E-state index in [4.69, 9.17) is 11.6 Å². The number of hydrogen-bond donors (Lipinski definition) is 1. The maximum Gasteiger partial charge on any atom is 0.272 e. The second-order valence-electron chi connectivity index (χ2n) is 3.71. The number of rotatable bonds is 3. The van der Waals surface area contributed by atoms with Crippen molar-refractivity contribution in [3.05, 3.63) is 53.3 Å². The number of pyridine rings is 1. The van der Waals surface area contributed by atoms with E-state index in [1.165, 1.54) is 12.4 Å². The molecule has 6 heteroatoms. The van der Waals surface area contributed by atoms with E-state index in [1.54, 1.807) is 12.4 Å². The lowest BCUT2D eigenvalue weighted by molar-refractivity contribution is 0.0934. The zero-order valence-electron chi connectivity index (χ0n) is 9.67. The zero-order valence-corrected chi connectivity index (χ0v) is 10.4. The Morgan fingerprint density at radius 2 is 2.17 bits per heavy atom. The van der Waals surface area contributed by atoms with Crippen molar-refractivity contribution in [3.63, 3.8) is 0 Å². The largest absolute Gasteiger partial charge is 0.344 e. The van der Waals surface area contributed by atoms with Crippen LogP contribution in [0.15, 0.2) is 36.9 Å². The van der Waals surface area contributed by atoms with Crippen LogP contribution in [0.2, 0.25) is 5.15 Å². The fourth-order valence-electron chi connectivity index (χ4n) is 1.44. The minimum Gasteiger partial charge on any atom is -0.344 e. The highest BCUT2D eigenvalue weighted by Gasteiger charge is 2.13. The molecule has 0 radical (unpaired) electrons. The fourth-order valence-corrected chi connectivity index (χ4v) is 1.58. The number of nitrogens with zero attached hydrogens (tertiary/aromatic N) is 3. The molecular formula is C12H11ClN4O. The second-order valence-corrected chi connectivity index (χ2v) is 4.10. The molecule has 92 valence electrons. The van der Waals surface area contributed by atoms with E-state index >= 15 is 0 Å². The summed E-state index contributed by atoms with van der Waals surface area (Å²) >= 11 is 5.68. The number of amides is 1. The third-order valence-corrected chi connectivity index (χ3v) is 2.55. The molecule has 2 rings (SSSR count). The molecule has 0 aromatic carbocycles. The average Bonchev–Trinajstić information content (AvgIpc) is 2.39. The molecule has 1 atom stereocenters. The third-order valence-electron chi connectivity index (χ3n) is 2.37. The maximum absolute atomic E-state index is 11.9. The predicted octanol–water partition coefficient (Wildman–Crippen LogP) is 2.02. The summed E-state index contributed by atoms with van der Waals surface area (Å²) in [6.45, 7) is 1.87. The SMILES string of the molecule is CC(NC(=O)c1cncc(Cl)n1)c1cccnc1. The van der Waals surface area contributed by atoms with Crippen LogP contribution in [0.1, 0.15) is 29.0 Å². The molecule has 1 unspecified atom stereocenters. The molecule has 0 spiro atoms. The molecule has 0 aliphatic heterocycles. The maximum atomic E-state index is 11.9. The van der Waals surface area contributed by atoms with Gasteiger partial charge in [0.1, 0.15) is 10.8 Å². The second kappa shape index (κ2) is 5.55. The van der Waals surface area contributed by atoms with Crippen molar-refractivity contribution in [1.29, 1.82) is 0 Å². The van der Waals surface area contributed by atoms with Gasteiger partial charge >= 0.3 is 0 Å². The van der Waals surface area contributed by atoms with Crippen molar-refractivity contribution in [3.8, 4) is 0 Å². The van der Waals surface area contributed by atoms with Crippen LogP contribution in [0.5, 0.6) is 0 Å². The molecule has 0 aliphatic rings. The summed E-state index contributed by atoms with van der Waals surface area (Å²) in [5, 5.41) is 2.99. The standard InChI is InChI=1S/C12H11ClN4O/c1-8(9-3-2-4-14-5-9)16-12(18)10-6-15-7-11(13)17-10/h2-8H,1H3,(H,16,18). The summed E-state index contributed by atoms with van der Waals surface area (Å²) in [7, 11) is 0. The molecule has 0 fully saturated rings. The molecule has 1 amide bonds. The van der Waals surface area contributed by atoms with Gasteiger partial charge in [-0.05, 0) is 18.6 Å². The molecule has 5 nitrogen and oxygen atoms in total. The summed E-state index contributed by atoms with van der Waals surface area (Å²) in [4.78, 5) is 23.6. The molecule has 0 aliphatic carbocycles. The molecule has 2 aromatic rings. The lowest BCUT2D eigenvalue weighted by atomic mass is 10.1. The monoisotopic (exact) mass is 262 g/mol. The fraction of sp³-hybridized carbons (Fsp3) is 0.167. The van der Waals surface area contributed by atoms with Crippen molar-refractivity contribution < 1.29 is 4.79 Å². The zero-order chi connectivity index (χ0) is 13.0. The molecule has 2 heterocycles. The Morgan fingerprint density at radius 3 is 2.83 bits per heavy atom. The van der Waals surface area contributed by atoms with Gasteiger partial charge < -0.3 is 5.32 Å². The predicted molar refractivity (Wildman–Crippen MR) is 67.2 cm³/mol. The van der Waals surface area contributed by atoms with Gasteiger partial charge in [-0.2, -0.15) is 0 Å². The van der Waals surface area contributed by atoms with Gasteiger partial charge in [0.25, 0.3) is 5.91 Å². The number of halogens is 1. The van der Waals surface area contributed by atoms with Gasteiger partial charge in [-0.15, -0.1) is 0 Å². The van der Waals surface area contributed by atoms with Crippen LogP contribution in [0.25, 0.3) is 0 Å². The third kappa shape index (κ3) is 3.01. The van der Waals surface area contributed by atoms with Gasteiger partial charge in [-0.1, -0.05) is 17.7 Å². The normalized spacial score (nSPS) is 11.9. The Kier molecular flexibility index (Phi) is 3.84. The quantitative estimate of drug-likeness (QED) is 0.919. The summed E-state index contributed by atoms with van der Waals surface area (Å²) in [5.74, 6) is -0.318. The molecule has 1 N–H and O–H groups in total. The van der Waals surface area contributed by atoms with Crippen LogP contribution in [0.4, 0.5) is 0 Å². The van der Waals surface area contributed by atoms with E-state index in [2.05, 4.69) is 20.3 Å². The van der Waals surface area contributed by atoms with Crippen molar-refractivity contribution >= 4 is 17.5 Å². The molecule has 0 saturated heterocycles. The van der Waals surface area contributed by atoms with Crippen LogP contribution >= 0.6 is 11.6 Å². The first-order chi connectivity index (χ1) is 8.66. The van der Waals surface area contributed by atoms with E-state index in [1.807, 2.05) is 19.1 Å². The summed E-state index contributed by atoms with van der Waals surface area (Å²) in [6, 6.07) is 3.55. The minimum atomic E-state index is -0.318. The van der Waals surface area contributed by atoms with Gasteiger partial charge in [0, 0.05) is 12.4 Å². The van der Waals surface area contributed by atoms with Crippen LogP contribution < -0.4 is 5.32 Å². The molecule has 0 bridgehead atoms. The molecule has 18 heavy (non-hydrogen) atoms. The first-order valence-electron chi connectivity index (χ1n) is 5.35. The van der Waals surface area contributed by atoms with E-state index < -0.39 is 0 Å².